The molecular weight excluding hydrogens is 544 g/mol. The summed E-state index contributed by atoms with van der Waals surface area (Å²) in [5.41, 5.74) is 2.26. The van der Waals surface area contributed by atoms with Crippen molar-refractivity contribution in [3.05, 3.63) is 119 Å². The molecule has 1 N–H and O–H groups in total. The van der Waals surface area contributed by atoms with Crippen LogP contribution in [0.5, 0.6) is 0 Å². The summed E-state index contributed by atoms with van der Waals surface area (Å²) in [5.74, 6) is -0.523. The highest BCUT2D eigenvalue weighted by molar-refractivity contribution is 7.90. The average Bonchev–Trinajstić information content (AvgIpc) is 2.95. The van der Waals surface area contributed by atoms with Gasteiger partial charge in [0.1, 0.15) is 5.54 Å². The molecule has 0 radical (unpaired) electrons. The highest BCUT2D eigenvalue weighted by atomic mass is 35.5. The molecule has 6 nitrogen and oxygen atoms in total. The second-order valence-corrected chi connectivity index (χ2v) is 12.5. The molecule has 0 bridgehead atoms. The fourth-order valence-electron chi connectivity index (χ4n) is 5.26. The maximum atomic E-state index is 14.2. The summed E-state index contributed by atoms with van der Waals surface area (Å²) < 4.78 is 24.6. The molecule has 1 aliphatic heterocycles. The number of rotatable bonds is 7. The Kier molecular flexibility index (Phi) is 7.79. The van der Waals surface area contributed by atoms with Crippen LogP contribution < -0.4 is 10.2 Å². The number of amides is 2. The minimum absolute atomic E-state index is 0.186. The Morgan fingerprint density at radius 2 is 1.55 bits per heavy atom. The second-order valence-electron chi connectivity index (χ2n) is 10.1. The van der Waals surface area contributed by atoms with Crippen molar-refractivity contribution in [2.45, 2.75) is 29.7 Å². The number of carbonyl (C=O) groups is 2. The van der Waals surface area contributed by atoms with Crippen molar-refractivity contribution in [2.24, 2.45) is 0 Å². The van der Waals surface area contributed by atoms with E-state index in [1.807, 2.05) is 54.6 Å². The molecule has 8 heteroatoms. The fourth-order valence-corrected chi connectivity index (χ4v) is 6.30. The molecule has 1 atom stereocenters. The number of nitrogens with zero attached hydrogens (tertiary/aromatic N) is 1. The first-order chi connectivity index (χ1) is 19.2. The molecular formula is C32H29ClN2O4S. The number of piperidine rings is 1. The van der Waals surface area contributed by atoms with Gasteiger partial charge < -0.3 is 10.2 Å². The van der Waals surface area contributed by atoms with Crippen molar-refractivity contribution in [2.75, 3.05) is 17.7 Å². The normalized spacial score (nSPS) is 17.4. The van der Waals surface area contributed by atoms with Gasteiger partial charge in [-0.15, -0.1) is 0 Å². The summed E-state index contributed by atoms with van der Waals surface area (Å²) in [6.45, 7) is 0.505. The predicted molar refractivity (Wildman–Crippen MR) is 158 cm³/mol. The SMILES string of the molecule is CS(=O)(=O)c1ccccc1-c1ccc(N2CCCC(Cc3ccccc3)(NC(=O)c3ccc(Cl)cc3)C2=O)cc1. The van der Waals surface area contributed by atoms with E-state index >= 15 is 0 Å². The van der Waals surface area contributed by atoms with E-state index < -0.39 is 15.4 Å². The summed E-state index contributed by atoms with van der Waals surface area (Å²) in [5, 5.41) is 3.61. The zero-order chi connectivity index (χ0) is 28.3. The third-order valence-electron chi connectivity index (χ3n) is 7.22. The molecule has 4 aromatic rings. The first-order valence-corrected chi connectivity index (χ1v) is 15.3. The van der Waals surface area contributed by atoms with E-state index in [-0.39, 0.29) is 16.7 Å². The third kappa shape index (κ3) is 5.81. The molecule has 1 unspecified atom stereocenters. The van der Waals surface area contributed by atoms with Crippen LogP contribution in [0.1, 0.15) is 28.8 Å². The van der Waals surface area contributed by atoms with Gasteiger partial charge in [-0.05, 0) is 66.4 Å². The Hall–Kier alpha value is -3.94. The second kappa shape index (κ2) is 11.3. The van der Waals surface area contributed by atoms with Gasteiger partial charge >= 0.3 is 0 Å². The van der Waals surface area contributed by atoms with Crippen LogP contribution in [0.4, 0.5) is 5.69 Å². The van der Waals surface area contributed by atoms with E-state index in [0.717, 1.165) is 11.1 Å². The van der Waals surface area contributed by atoms with Crippen molar-refractivity contribution >= 4 is 38.9 Å². The standard InChI is InChI=1S/C32H29ClN2O4S/c1-40(38,39)29-11-6-5-10-28(29)24-14-18-27(19-15-24)35-21-7-20-32(31(35)37,22-23-8-3-2-4-9-23)34-30(36)25-12-16-26(33)17-13-25/h2-6,8-19H,7,20-22H2,1H3,(H,34,36). The largest absolute Gasteiger partial charge is 0.337 e. The van der Waals surface area contributed by atoms with Crippen LogP contribution in [0.25, 0.3) is 11.1 Å². The summed E-state index contributed by atoms with van der Waals surface area (Å²) >= 11 is 6.01. The van der Waals surface area contributed by atoms with Crippen molar-refractivity contribution in [3.63, 3.8) is 0 Å². The van der Waals surface area contributed by atoms with Gasteiger partial charge in [-0.3, -0.25) is 9.59 Å². The van der Waals surface area contributed by atoms with Crippen LogP contribution in [0, 0.1) is 0 Å². The van der Waals surface area contributed by atoms with E-state index in [9.17, 15) is 18.0 Å². The maximum Gasteiger partial charge on any atom is 0.253 e. The Bertz CT molecular complexity index is 1640. The summed E-state index contributed by atoms with van der Waals surface area (Å²) in [4.78, 5) is 29.5. The lowest BCUT2D eigenvalue weighted by Gasteiger charge is -2.42. The van der Waals surface area contributed by atoms with Crippen LogP contribution in [-0.2, 0) is 21.1 Å². The van der Waals surface area contributed by atoms with Crippen molar-refractivity contribution in [1.29, 1.82) is 0 Å². The Morgan fingerprint density at radius 1 is 0.900 bits per heavy atom. The fraction of sp³-hybridized carbons (Fsp3) is 0.188. The Balaban J connectivity index is 1.47. The van der Waals surface area contributed by atoms with E-state index in [2.05, 4.69) is 5.32 Å². The van der Waals surface area contributed by atoms with Gasteiger partial charge in [-0.1, -0.05) is 72.3 Å². The van der Waals surface area contributed by atoms with Crippen LogP contribution in [-0.4, -0.2) is 38.6 Å². The Labute approximate surface area is 239 Å². The number of nitrogens with one attached hydrogen (secondary N) is 1. The van der Waals surface area contributed by atoms with Crippen molar-refractivity contribution < 1.29 is 18.0 Å². The summed E-state index contributed by atoms with van der Waals surface area (Å²) in [7, 11) is -3.42. The van der Waals surface area contributed by atoms with E-state index in [1.165, 1.54) is 6.26 Å². The van der Waals surface area contributed by atoms with Gasteiger partial charge in [0.15, 0.2) is 9.84 Å². The van der Waals surface area contributed by atoms with E-state index in [0.29, 0.717) is 47.6 Å². The molecule has 0 spiro atoms. The summed E-state index contributed by atoms with van der Waals surface area (Å²) in [6.07, 6.45) is 2.73. The number of carbonyl (C=O) groups excluding carboxylic acids is 2. The smallest absolute Gasteiger partial charge is 0.253 e. The molecule has 5 rings (SSSR count). The molecule has 2 amide bonds. The highest BCUT2D eigenvalue weighted by Crippen LogP contribution is 2.33. The zero-order valence-corrected chi connectivity index (χ0v) is 23.6. The lowest BCUT2D eigenvalue weighted by molar-refractivity contribution is -0.126. The van der Waals surface area contributed by atoms with Gasteiger partial charge in [0, 0.05) is 41.1 Å². The van der Waals surface area contributed by atoms with Gasteiger partial charge in [-0.2, -0.15) is 0 Å². The topological polar surface area (TPSA) is 83.6 Å². The molecule has 0 aliphatic carbocycles. The first kappa shape index (κ1) is 27.6. The summed E-state index contributed by atoms with van der Waals surface area (Å²) in [6, 6.07) is 30.4. The van der Waals surface area contributed by atoms with Gasteiger partial charge in [0.25, 0.3) is 11.8 Å². The molecule has 1 saturated heterocycles. The molecule has 4 aromatic carbocycles. The van der Waals surface area contributed by atoms with Crippen LogP contribution in [0.3, 0.4) is 0 Å². The number of hydrogen-bond acceptors (Lipinski definition) is 4. The van der Waals surface area contributed by atoms with Crippen LogP contribution in [0.2, 0.25) is 5.02 Å². The molecule has 40 heavy (non-hydrogen) atoms. The van der Waals surface area contributed by atoms with Gasteiger partial charge in [0.2, 0.25) is 0 Å². The quantitative estimate of drug-likeness (QED) is 0.297. The number of benzene rings is 4. The number of hydrogen-bond donors (Lipinski definition) is 1. The lowest BCUT2D eigenvalue weighted by Crippen LogP contribution is -2.64. The van der Waals surface area contributed by atoms with Crippen LogP contribution >= 0.6 is 11.6 Å². The molecule has 0 saturated carbocycles. The minimum Gasteiger partial charge on any atom is -0.337 e. The number of sulfone groups is 1. The predicted octanol–water partition coefficient (Wildman–Crippen LogP) is 5.95. The lowest BCUT2D eigenvalue weighted by atomic mass is 9.81. The van der Waals surface area contributed by atoms with Crippen molar-refractivity contribution in [3.8, 4) is 11.1 Å². The zero-order valence-electron chi connectivity index (χ0n) is 22.0. The molecule has 204 valence electrons. The van der Waals surface area contributed by atoms with Gasteiger partial charge in [-0.25, -0.2) is 8.42 Å². The van der Waals surface area contributed by atoms with E-state index in [4.69, 9.17) is 11.6 Å². The number of halogens is 1. The first-order valence-electron chi connectivity index (χ1n) is 13.0. The highest BCUT2D eigenvalue weighted by Gasteiger charge is 2.45. The van der Waals surface area contributed by atoms with Gasteiger partial charge in [0.05, 0.1) is 4.90 Å². The maximum absolute atomic E-state index is 14.2. The molecule has 1 aliphatic rings. The average molecular weight is 573 g/mol. The molecule has 1 heterocycles. The molecule has 0 aromatic heterocycles. The number of anilines is 1. The Morgan fingerprint density at radius 3 is 2.23 bits per heavy atom. The van der Waals surface area contributed by atoms with Crippen LogP contribution in [0.15, 0.2) is 108 Å². The van der Waals surface area contributed by atoms with Crippen molar-refractivity contribution in [1.82, 2.24) is 5.32 Å². The van der Waals surface area contributed by atoms with E-state index in [1.54, 1.807) is 53.4 Å². The third-order valence-corrected chi connectivity index (χ3v) is 8.63. The minimum atomic E-state index is -3.42. The molecule has 1 fully saturated rings. The monoisotopic (exact) mass is 572 g/mol.